The average molecular weight is 349 g/mol. The van der Waals surface area contributed by atoms with Crippen molar-refractivity contribution >= 4 is 18.1 Å². The van der Waals surface area contributed by atoms with Crippen LogP contribution in [0.3, 0.4) is 0 Å². The quantitative estimate of drug-likeness (QED) is 0.436. The number of hydrogen-bond acceptors (Lipinski definition) is 2. The van der Waals surface area contributed by atoms with Gasteiger partial charge in [-0.05, 0) is 36.0 Å². The molecule has 0 aliphatic rings. The zero-order valence-electron chi connectivity index (χ0n) is 14.8. The molecule has 1 heterocycles. The molecule has 0 radical (unpaired) electrons. The lowest BCUT2D eigenvalue weighted by Gasteiger charge is -2.12. The van der Waals surface area contributed by atoms with E-state index in [0.29, 0.717) is 11.4 Å². The van der Waals surface area contributed by atoms with Gasteiger partial charge < -0.3 is 4.57 Å². The fourth-order valence-electron chi connectivity index (χ4n) is 3.20. The average Bonchev–Trinajstić information content (AvgIpc) is 3.19. The van der Waals surface area contributed by atoms with Gasteiger partial charge in [0, 0.05) is 17.4 Å². The highest BCUT2D eigenvalue weighted by molar-refractivity contribution is 6.13. The summed E-state index contributed by atoms with van der Waals surface area (Å²) < 4.78 is 1.98. The Morgan fingerprint density at radius 2 is 1.33 bits per heavy atom. The molecule has 1 aromatic heterocycles. The summed E-state index contributed by atoms with van der Waals surface area (Å²) in [5.74, 6) is 0. The van der Waals surface area contributed by atoms with Gasteiger partial charge in [0.25, 0.3) is 0 Å². The predicted molar refractivity (Wildman–Crippen MR) is 113 cm³/mol. The Labute approximate surface area is 158 Å². The van der Waals surface area contributed by atoms with Gasteiger partial charge in [-0.2, -0.15) is 0 Å². The summed E-state index contributed by atoms with van der Waals surface area (Å²) in [5, 5.41) is 8.79. The van der Waals surface area contributed by atoms with Crippen molar-refractivity contribution in [1.82, 2.24) is 4.57 Å². The molecule has 3 nitrogen and oxygen atoms in total. The van der Waals surface area contributed by atoms with Crippen LogP contribution in [0.5, 0.6) is 0 Å². The Balaban J connectivity index is 1.73. The van der Waals surface area contributed by atoms with Crippen molar-refractivity contribution in [2.45, 2.75) is 0 Å². The van der Waals surface area contributed by atoms with Gasteiger partial charge >= 0.3 is 0 Å². The second kappa shape index (κ2) is 7.26. The van der Waals surface area contributed by atoms with E-state index in [1.807, 2.05) is 77.5 Å². The third-order valence-corrected chi connectivity index (χ3v) is 4.59. The minimum Gasteiger partial charge on any atom is -0.313 e. The number of benzene rings is 3. The molecule has 4 rings (SSSR count). The first-order valence-corrected chi connectivity index (χ1v) is 8.76. The first-order chi connectivity index (χ1) is 13.3. The number of nitrogens with zero attached hydrogens (tertiary/aromatic N) is 2. The van der Waals surface area contributed by atoms with Crippen molar-refractivity contribution in [1.29, 1.82) is 5.41 Å². The van der Waals surface area contributed by atoms with Gasteiger partial charge in [0.05, 0.1) is 17.1 Å². The van der Waals surface area contributed by atoms with Gasteiger partial charge in [-0.15, -0.1) is 0 Å². The second-order valence-corrected chi connectivity index (χ2v) is 6.23. The van der Waals surface area contributed by atoms with Crippen LogP contribution in [0.2, 0.25) is 0 Å². The molecule has 3 aromatic carbocycles. The molecule has 0 aliphatic heterocycles. The second-order valence-electron chi connectivity index (χ2n) is 6.23. The Hall–Kier alpha value is -3.72. The summed E-state index contributed by atoms with van der Waals surface area (Å²) in [6.07, 6.45) is 1.93. The predicted octanol–water partition coefficient (Wildman–Crippen LogP) is 5.89. The van der Waals surface area contributed by atoms with Gasteiger partial charge in [0.2, 0.25) is 0 Å². The van der Waals surface area contributed by atoms with E-state index in [0.717, 1.165) is 28.1 Å². The molecule has 0 fully saturated rings. The number of para-hydroxylation sites is 1. The molecule has 0 bridgehead atoms. The van der Waals surface area contributed by atoms with Crippen LogP contribution in [0, 0.1) is 5.41 Å². The van der Waals surface area contributed by atoms with Crippen molar-refractivity contribution in [2.24, 2.45) is 4.99 Å². The minimum atomic E-state index is 0.422. The zero-order valence-corrected chi connectivity index (χ0v) is 14.8. The van der Waals surface area contributed by atoms with Gasteiger partial charge in [0.15, 0.2) is 0 Å². The first-order valence-electron chi connectivity index (χ1n) is 8.76. The van der Waals surface area contributed by atoms with E-state index in [4.69, 9.17) is 5.41 Å². The molecule has 0 aliphatic carbocycles. The maximum Gasteiger partial charge on any atom is 0.0973 e. The van der Waals surface area contributed by atoms with Crippen LogP contribution in [0.4, 0.5) is 5.69 Å². The highest BCUT2D eigenvalue weighted by Crippen LogP contribution is 2.27. The summed E-state index contributed by atoms with van der Waals surface area (Å²) in [4.78, 5) is 4.12. The zero-order chi connectivity index (χ0) is 18.6. The van der Waals surface area contributed by atoms with Crippen LogP contribution in [0.1, 0.15) is 11.3 Å². The maximum absolute atomic E-state index is 8.79. The molecular weight excluding hydrogens is 330 g/mol. The largest absolute Gasteiger partial charge is 0.313 e. The van der Waals surface area contributed by atoms with E-state index in [-0.39, 0.29) is 0 Å². The Bertz CT molecular complexity index is 1080. The molecule has 0 saturated heterocycles. The molecule has 0 unspecified atom stereocenters. The fourth-order valence-corrected chi connectivity index (χ4v) is 3.20. The van der Waals surface area contributed by atoms with E-state index in [2.05, 4.69) is 36.0 Å². The van der Waals surface area contributed by atoms with Crippen molar-refractivity contribution in [3.63, 3.8) is 0 Å². The van der Waals surface area contributed by atoms with Gasteiger partial charge in [-0.1, -0.05) is 72.8 Å². The summed E-state index contributed by atoms with van der Waals surface area (Å²) in [5.41, 5.74) is 6.00. The van der Waals surface area contributed by atoms with Crippen molar-refractivity contribution in [3.8, 4) is 16.8 Å². The van der Waals surface area contributed by atoms with E-state index >= 15 is 0 Å². The van der Waals surface area contributed by atoms with E-state index in [1.165, 1.54) is 0 Å². The maximum atomic E-state index is 8.79. The van der Waals surface area contributed by atoms with Gasteiger partial charge in [0.1, 0.15) is 0 Å². The molecule has 0 saturated carbocycles. The van der Waals surface area contributed by atoms with E-state index in [1.54, 1.807) is 0 Å². The molecular formula is C24H19N3. The standard InChI is InChI=1S/C24H19N3/c1-26-22-16-17-27(21-10-6-3-7-11-21)24(22)23(25)20-14-12-19(13-15-20)18-8-4-2-5-9-18/h2-17,25H,1H2. The molecule has 130 valence electrons. The summed E-state index contributed by atoms with van der Waals surface area (Å²) in [7, 11) is 0. The molecule has 3 heteroatoms. The lowest BCUT2D eigenvalue weighted by atomic mass is 10.0. The van der Waals surface area contributed by atoms with Crippen molar-refractivity contribution < 1.29 is 0 Å². The summed E-state index contributed by atoms with van der Waals surface area (Å²) in [6, 6.07) is 30.2. The van der Waals surface area contributed by atoms with Crippen LogP contribution in [-0.2, 0) is 0 Å². The monoisotopic (exact) mass is 349 g/mol. The van der Waals surface area contributed by atoms with Crippen LogP contribution < -0.4 is 0 Å². The van der Waals surface area contributed by atoms with Crippen molar-refractivity contribution in [2.75, 3.05) is 0 Å². The Morgan fingerprint density at radius 1 is 0.741 bits per heavy atom. The number of aliphatic imine (C=N–C) groups is 1. The fraction of sp³-hybridized carbons (Fsp3) is 0. The first kappa shape index (κ1) is 16.7. The van der Waals surface area contributed by atoms with Crippen molar-refractivity contribution in [3.05, 3.63) is 108 Å². The SMILES string of the molecule is C=Nc1ccn(-c2ccccc2)c1C(=N)c1ccc(-c2ccccc2)cc1. The minimum absolute atomic E-state index is 0.422. The molecule has 1 N–H and O–H groups in total. The molecule has 0 atom stereocenters. The number of rotatable bonds is 5. The van der Waals surface area contributed by atoms with E-state index in [9.17, 15) is 0 Å². The van der Waals surface area contributed by atoms with Gasteiger partial charge in [-0.25, -0.2) is 0 Å². The molecule has 0 amide bonds. The Kier molecular flexibility index (Phi) is 4.50. The highest BCUT2D eigenvalue weighted by atomic mass is 15.0. The van der Waals surface area contributed by atoms with Gasteiger partial charge in [-0.3, -0.25) is 10.4 Å². The number of hydrogen-bond donors (Lipinski definition) is 1. The summed E-state index contributed by atoms with van der Waals surface area (Å²) >= 11 is 0. The number of nitrogens with one attached hydrogen (secondary N) is 1. The lowest BCUT2D eigenvalue weighted by molar-refractivity contribution is 1.06. The normalized spacial score (nSPS) is 10.5. The highest BCUT2D eigenvalue weighted by Gasteiger charge is 2.16. The molecule has 4 aromatic rings. The van der Waals surface area contributed by atoms with Crippen LogP contribution in [0.15, 0.2) is 102 Å². The molecule has 27 heavy (non-hydrogen) atoms. The molecule has 0 spiro atoms. The number of aromatic nitrogens is 1. The van der Waals surface area contributed by atoms with Crippen LogP contribution in [-0.4, -0.2) is 17.0 Å². The van der Waals surface area contributed by atoms with Crippen LogP contribution >= 0.6 is 0 Å². The van der Waals surface area contributed by atoms with E-state index < -0.39 is 0 Å². The lowest BCUT2D eigenvalue weighted by Crippen LogP contribution is -2.08. The smallest absolute Gasteiger partial charge is 0.0973 e. The Morgan fingerprint density at radius 3 is 1.96 bits per heavy atom. The summed E-state index contributed by atoms with van der Waals surface area (Å²) in [6.45, 7) is 3.67. The topological polar surface area (TPSA) is 41.1 Å². The van der Waals surface area contributed by atoms with Crippen LogP contribution in [0.25, 0.3) is 16.8 Å². The third kappa shape index (κ3) is 3.23. The third-order valence-electron chi connectivity index (χ3n) is 4.59.